The van der Waals surface area contributed by atoms with Gasteiger partial charge < -0.3 is 18.6 Å². The van der Waals surface area contributed by atoms with Crippen molar-refractivity contribution in [1.29, 1.82) is 0 Å². The zero-order valence-electron chi connectivity index (χ0n) is 18.6. The second kappa shape index (κ2) is 9.91. The smallest absolute Gasteiger partial charge is 0.307 e. The number of hydrazone groups is 1. The number of methoxy groups -OCH3 is 2. The van der Waals surface area contributed by atoms with E-state index in [1.165, 1.54) is 11.8 Å². The van der Waals surface area contributed by atoms with Crippen molar-refractivity contribution in [2.75, 3.05) is 14.2 Å². The van der Waals surface area contributed by atoms with Gasteiger partial charge in [-0.05, 0) is 48.4 Å². The molecular weight excluding hydrogens is 420 g/mol. The van der Waals surface area contributed by atoms with Crippen molar-refractivity contribution in [3.63, 3.8) is 0 Å². The molecule has 7 heteroatoms. The minimum absolute atomic E-state index is 0.143. The van der Waals surface area contributed by atoms with Gasteiger partial charge in [-0.15, -0.1) is 0 Å². The number of hydrogen-bond donors (Lipinski definition) is 1. The van der Waals surface area contributed by atoms with E-state index in [1.54, 1.807) is 32.4 Å². The number of benzene rings is 3. The maximum Gasteiger partial charge on any atom is 0.307 e. The fourth-order valence-electron chi connectivity index (χ4n) is 3.26. The number of ether oxygens (including phenoxy) is 3. The lowest BCUT2D eigenvalue weighted by Crippen LogP contribution is -2.16. The summed E-state index contributed by atoms with van der Waals surface area (Å²) in [4.78, 5) is 12.4. The van der Waals surface area contributed by atoms with E-state index in [4.69, 9.17) is 18.6 Å². The molecule has 0 spiro atoms. The first kappa shape index (κ1) is 22.0. The van der Waals surface area contributed by atoms with Crippen LogP contribution in [0.25, 0.3) is 11.0 Å². The van der Waals surface area contributed by atoms with Gasteiger partial charge in [0.15, 0.2) is 28.6 Å². The molecule has 0 bridgehead atoms. The topological polar surface area (TPSA) is 82.3 Å². The van der Waals surface area contributed by atoms with Crippen LogP contribution in [0, 0.1) is 6.92 Å². The van der Waals surface area contributed by atoms with Crippen LogP contribution < -0.4 is 19.6 Å². The van der Waals surface area contributed by atoms with Gasteiger partial charge in [-0.3, -0.25) is 4.79 Å². The number of furan rings is 1. The van der Waals surface area contributed by atoms with E-state index in [9.17, 15) is 4.79 Å². The van der Waals surface area contributed by atoms with Crippen molar-refractivity contribution in [3.05, 3.63) is 89.2 Å². The second-order valence-electron chi connectivity index (χ2n) is 7.37. The minimum atomic E-state index is -0.463. The number of carbonyl (C=O) groups is 1. The SMILES string of the molecule is COc1cc(/C=N\NC(=O)c2cc3cccc(OC)c3o2)ccc1OCc1ccc(C)cc1. The molecule has 1 aromatic heterocycles. The summed E-state index contributed by atoms with van der Waals surface area (Å²) in [5, 5.41) is 4.80. The van der Waals surface area contributed by atoms with Gasteiger partial charge in [-0.1, -0.05) is 42.0 Å². The highest BCUT2D eigenvalue weighted by molar-refractivity contribution is 5.97. The van der Waals surface area contributed by atoms with Gasteiger partial charge in [0.25, 0.3) is 0 Å². The lowest BCUT2D eigenvalue weighted by atomic mass is 10.2. The van der Waals surface area contributed by atoms with Crippen molar-refractivity contribution >= 4 is 23.1 Å². The lowest BCUT2D eigenvalue weighted by molar-refractivity contribution is 0.0929. The Balaban J connectivity index is 1.40. The standard InChI is InChI=1S/C26H24N2O5/c1-17-7-9-18(10-8-17)16-32-21-12-11-19(13-23(21)31-3)15-27-28-26(29)24-14-20-5-4-6-22(30-2)25(20)33-24/h4-15H,16H2,1-3H3,(H,28,29)/b27-15-. The molecule has 4 rings (SSSR count). The molecule has 0 aliphatic carbocycles. The first-order valence-electron chi connectivity index (χ1n) is 10.3. The number of hydrogen-bond acceptors (Lipinski definition) is 6. The first-order valence-corrected chi connectivity index (χ1v) is 10.3. The third-order valence-electron chi connectivity index (χ3n) is 5.03. The van der Waals surface area contributed by atoms with Gasteiger partial charge in [-0.25, -0.2) is 5.43 Å². The molecule has 168 valence electrons. The Hall–Kier alpha value is -4.26. The van der Waals surface area contributed by atoms with Crippen LogP contribution in [0.1, 0.15) is 27.2 Å². The Morgan fingerprint density at radius 1 is 0.970 bits per heavy atom. The number of fused-ring (bicyclic) bond motifs is 1. The van der Waals surface area contributed by atoms with Crippen LogP contribution in [0.4, 0.5) is 0 Å². The van der Waals surface area contributed by atoms with Gasteiger partial charge in [0.05, 0.1) is 20.4 Å². The number of nitrogens with zero attached hydrogens (tertiary/aromatic N) is 1. The minimum Gasteiger partial charge on any atom is -0.493 e. The van der Waals surface area contributed by atoms with Gasteiger partial charge >= 0.3 is 5.91 Å². The molecular formula is C26H24N2O5. The molecule has 1 heterocycles. The largest absolute Gasteiger partial charge is 0.493 e. The number of rotatable bonds is 8. The Morgan fingerprint density at radius 3 is 2.52 bits per heavy atom. The van der Waals surface area contributed by atoms with Crippen LogP contribution in [-0.2, 0) is 6.61 Å². The Bertz CT molecular complexity index is 1290. The summed E-state index contributed by atoms with van der Waals surface area (Å²) >= 11 is 0. The summed E-state index contributed by atoms with van der Waals surface area (Å²) in [6.07, 6.45) is 1.52. The van der Waals surface area contributed by atoms with E-state index in [1.807, 2.05) is 55.5 Å². The maximum absolute atomic E-state index is 12.4. The molecule has 0 aliphatic heterocycles. The van der Waals surface area contributed by atoms with E-state index < -0.39 is 5.91 Å². The average Bonchev–Trinajstić information content (AvgIpc) is 3.29. The number of carbonyl (C=O) groups excluding carboxylic acids is 1. The Morgan fingerprint density at radius 2 is 1.76 bits per heavy atom. The highest BCUT2D eigenvalue weighted by Crippen LogP contribution is 2.29. The number of nitrogens with one attached hydrogen (secondary N) is 1. The molecule has 0 atom stereocenters. The molecule has 1 N–H and O–H groups in total. The van der Waals surface area contributed by atoms with Crippen molar-refractivity contribution in [2.45, 2.75) is 13.5 Å². The highest BCUT2D eigenvalue weighted by atomic mass is 16.5. The lowest BCUT2D eigenvalue weighted by Gasteiger charge is -2.11. The molecule has 0 aliphatic rings. The molecule has 4 aromatic rings. The van der Waals surface area contributed by atoms with Crippen LogP contribution in [0.5, 0.6) is 17.2 Å². The summed E-state index contributed by atoms with van der Waals surface area (Å²) in [6.45, 7) is 2.48. The van der Waals surface area contributed by atoms with E-state index in [2.05, 4.69) is 10.5 Å². The third kappa shape index (κ3) is 5.15. The number of para-hydroxylation sites is 1. The summed E-state index contributed by atoms with van der Waals surface area (Å²) in [5.74, 6) is 1.43. The molecule has 0 saturated heterocycles. The van der Waals surface area contributed by atoms with Gasteiger partial charge in [0, 0.05) is 5.39 Å². The predicted molar refractivity (Wildman–Crippen MR) is 126 cm³/mol. The molecule has 0 radical (unpaired) electrons. The molecule has 0 unspecified atom stereocenters. The quantitative estimate of drug-likeness (QED) is 0.302. The van der Waals surface area contributed by atoms with E-state index in [0.29, 0.717) is 29.4 Å². The van der Waals surface area contributed by atoms with Crippen LogP contribution in [-0.4, -0.2) is 26.3 Å². The molecule has 1 amide bonds. The van der Waals surface area contributed by atoms with Gasteiger partial charge in [0.2, 0.25) is 0 Å². The normalized spacial score (nSPS) is 11.0. The summed E-state index contributed by atoms with van der Waals surface area (Å²) in [5.41, 5.74) is 5.99. The second-order valence-corrected chi connectivity index (χ2v) is 7.37. The van der Waals surface area contributed by atoms with Crippen molar-refractivity contribution in [1.82, 2.24) is 5.43 Å². The monoisotopic (exact) mass is 444 g/mol. The molecule has 0 fully saturated rings. The molecule has 33 heavy (non-hydrogen) atoms. The molecule has 3 aromatic carbocycles. The predicted octanol–water partition coefficient (Wildman–Crippen LogP) is 5.10. The van der Waals surface area contributed by atoms with Gasteiger partial charge in [-0.2, -0.15) is 5.10 Å². The van der Waals surface area contributed by atoms with Gasteiger partial charge in [0.1, 0.15) is 6.61 Å². The zero-order chi connectivity index (χ0) is 23.2. The average molecular weight is 444 g/mol. The Kier molecular flexibility index (Phi) is 6.59. The fraction of sp³-hybridized carbons (Fsp3) is 0.154. The van der Waals surface area contributed by atoms with Crippen LogP contribution in [0.2, 0.25) is 0 Å². The molecule has 0 saturated carbocycles. The summed E-state index contributed by atoms with van der Waals surface area (Å²) in [6, 6.07) is 20.7. The third-order valence-corrected chi connectivity index (χ3v) is 5.03. The Labute approximate surface area is 191 Å². The fourth-order valence-corrected chi connectivity index (χ4v) is 3.26. The highest BCUT2D eigenvalue weighted by Gasteiger charge is 2.14. The maximum atomic E-state index is 12.4. The number of amides is 1. The first-order chi connectivity index (χ1) is 16.1. The van der Waals surface area contributed by atoms with Crippen LogP contribution >= 0.6 is 0 Å². The summed E-state index contributed by atoms with van der Waals surface area (Å²) in [7, 11) is 3.13. The van der Waals surface area contributed by atoms with Crippen molar-refractivity contribution in [3.8, 4) is 17.2 Å². The van der Waals surface area contributed by atoms with Crippen molar-refractivity contribution in [2.24, 2.45) is 5.10 Å². The van der Waals surface area contributed by atoms with Crippen molar-refractivity contribution < 1.29 is 23.4 Å². The van der Waals surface area contributed by atoms with Crippen LogP contribution in [0.3, 0.4) is 0 Å². The molecule has 7 nitrogen and oxygen atoms in total. The van der Waals surface area contributed by atoms with E-state index in [0.717, 1.165) is 16.5 Å². The zero-order valence-corrected chi connectivity index (χ0v) is 18.6. The van der Waals surface area contributed by atoms with E-state index >= 15 is 0 Å². The summed E-state index contributed by atoms with van der Waals surface area (Å²) < 4.78 is 22.2. The van der Waals surface area contributed by atoms with E-state index in [-0.39, 0.29) is 5.76 Å². The van der Waals surface area contributed by atoms with Crippen LogP contribution in [0.15, 0.2) is 76.2 Å². The number of aryl methyl sites for hydroxylation is 1.